The minimum absolute atomic E-state index is 0.0318. The zero-order chi connectivity index (χ0) is 18.4. The van der Waals surface area contributed by atoms with Gasteiger partial charge in [-0.05, 0) is 49.0 Å². The highest BCUT2D eigenvalue weighted by molar-refractivity contribution is 7.18. The maximum absolute atomic E-state index is 13.0. The van der Waals surface area contributed by atoms with Gasteiger partial charge in [-0.2, -0.15) is 0 Å². The fraction of sp³-hybridized carbons (Fsp3) is 0.650. The van der Waals surface area contributed by atoms with E-state index in [0.717, 1.165) is 49.0 Å². The number of rotatable bonds is 2. The zero-order valence-electron chi connectivity index (χ0n) is 15.8. The maximum atomic E-state index is 13.0. The Morgan fingerprint density at radius 3 is 2.69 bits per heavy atom. The zero-order valence-corrected chi connectivity index (χ0v) is 16.6. The summed E-state index contributed by atoms with van der Waals surface area (Å²) in [5.41, 5.74) is 1.14. The number of hydrogen-bond donors (Lipinski definition) is 0. The first-order valence-electron chi connectivity index (χ1n) is 9.69. The minimum Gasteiger partial charge on any atom is -0.341 e. The highest BCUT2D eigenvalue weighted by atomic mass is 32.1. The van der Waals surface area contributed by atoms with Crippen LogP contribution in [-0.4, -0.2) is 33.4 Å². The average molecular weight is 374 g/mol. The van der Waals surface area contributed by atoms with Gasteiger partial charge in [0.25, 0.3) is 5.56 Å². The summed E-state index contributed by atoms with van der Waals surface area (Å²) in [7, 11) is 0. The lowest BCUT2D eigenvalue weighted by Crippen LogP contribution is -2.44. The summed E-state index contributed by atoms with van der Waals surface area (Å²) in [5.74, 6) is 1.74. The van der Waals surface area contributed by atoms with E-state index in [1.165, 1.54) is 15.0 Å². The van der Waals surface area contributed by atoms with Crippen LogP contribution in [0.25, 0.3) is 10.2 Å². The summed E-state index contributed by atoms with van der Waals surface area (Å²) in [6.07, 6.45) is 5.84. The Morgan fingerprint density at radius 1 is 1.23 bits per heavy atom. The summed E-state index contributed by atoms with van der Waals surface area (Å²) < 4.78 is 1.51. The number of aromatic nitrogens is 2. The van der Waals surface area contributed by atoms with Crippen LogP contribution in [0.3, 0.4) is 0 Å². The van der Waals surface area contributed by atoms with Crippen LogP contribution in [0.5, 0.6) is 0 Å². The van der Waals surface area contributed by atoms with Crippen molar-refractivity contribution in [2.45, 2.75) is 53.0 Å². The molecule has 0 radical (unpaired) electrons. The predicted octanol–water partition coefficient (Wildman–Crippen LogP) is 3.09. The Kier molecular flexibility index (Phi) is 4.63. The van der Waals surface area contributed by atoms with Gasteiger partial charge in [-0.25, -0.2) is 4.98 Å². The number of carbonyl (C=O) groups excluding carboxylic acids is 1. The number of piperidine rings is 1. The van der Waals surface area contributed by atoms with Crippen molar-refractivity contribution in [3.63, 3.8) is 0 Å². The molecular weight excluding hydrogens is 346 g/mol. The molecule has 4 rings (SSSR count). The van der Waals surface area contributed by atoms with E-state index in [1.54, 1.807) is 17.7 Å². The molecule has 1 saturated heterocycles. The third-order valence-electron chi connectivity index (χ3n) is 5.81. The molecule has 3 heterocycles. The number of hydrogen-bond acceptors (Lipinski definition) is 4. The van der Waals surface area contributed by atoms with Crippen LogP contribution in [0.15, 0.2) is 11.1 Å². The molecule has 140 valence electrons. The van der Waals surface area contributed by atoms with Crippen molar-refractivity contribution in [1.29, 1.82) is 0 Å². The molecule has 2 aromatic rings. The Balaban J connectivity index is 1.62. The standard InChI is InChI=1S/C20H27N3O2S/c1-12-4-5-15-16(7-12)26-19-18(15)20(25)23(11-21-19)10-17(24)22-8-13(2)6-14(3)9-22/h11-14H,4-10H2,1-3H3. The van der Waals surface area contributed by atoms with E-state index in [4.69, 9.17) is 0 Å². The topological polar surface area (TPSA) is 55.2 Å². The van der Waals surface area contributed by atoms with Gasteiger partial charge in [0, 0.05) is 18.0 Å². The van der Waals surface area contributed by atoms with Crippen molar-refractivity contribution in [2.24, 2.45) is 17.8 Å². The van der Waals surface area contributed by atoms with Gasteiger partial charge in [-0.1, -0.05) is 20.8 Å². The molecule has 1 aliphatic carbocycles. The number of fused-ring (bicyclic) bond motifs is 3. The molecule has 5 nitrogen and oxygen atoms in total. The number of carbonyl (C=O) groups is 1. The molecule has 1 aliphatic heterocycles. The molecule has 0 spiro atoms. The van der Waals surface area contributed by atoms with E-state index >= 15 is 0 Å². The fourth-order valence-electron chi connectivity index (χ4n) is 4.59. The molecular formula is C20H27N3O2S. The third kappa shape index (κ3) is 3.20. The largest absolute Gasteiger partial charge is 0.341 e. The second-order valence-corrected chi connectivity index (χ2v) is 9.54. The Labute approximate surface area is 158 Å². The molecule has 0 bridgehead atoms. The number of likely N-dealkylation sites (tertiary alicyclic amines) is 1. The highest BCUT2D eigenvalue weighted by Gasteiger charge is 2.27. The normalized spacial score (nSPS) is 26.1. The van der Waals surface area contributed by atoms with Crippen molar-refractivity contribution in [3.05, 3.63) is 27.1 Å². The lowest BCUT2D eigenvalue weighted by Gasteiger charge is -2.35. The monoisotopic (exact) mass is 373 g/mol. The van der Waals surface area contributed by atoms with Gasteiger partial charge in [-0.15, -0.1) is 11.3 Å². The first-order valence-corrected chi connectivity index (χ1v) is 10.5. The first-order chi connectivity index (χ1) is 12.4. The summed E-state index contributed by atoms with van der Waals surface area (Å²) in [6.45, 7) is 8.32. The van der Waals surface area contributed by atoms with E-state index in [0.29, 0.717) is 17.8 Å². The number of nitrogens with zero attached hydrogens (tertiary/aromatic N) is 3. The van der Waals surface area contributed by atoms with Gasteiger partial charge >= 0.3 is 0 Å². The molecule has 0 N–H and O–H groups in total. The molecule has 3 atom stereocenters. The summed E-state index contributed by atoms with van der Waals surface area (Å²) >= 11 is 1.65. The molecule has 0 saturated carbocycles. The van der Waals surface area contributed by atoms with Crippen molar-refractivity contribution >= 4 is 27.5 Å². The Bertz CT molecular complexity index is 890. The molecule has 1 amide bonds. The Morgan fingerprint density at radius 2 is 1.96 bits per heavy atom. The van der Waals surface area contributed by atoms with E-state index in [1.807, 2.05) is 4.90 Å². The van der Waals surface area contributed by atoms with E-state index in [2.05, 4.69) is 25.8 Å². The smallest absolute Gasteiger partial charge is 0.262 e. The van der Waals surface area contributed by atoms with Gasteiger partial charge in [0.2, 0.25) is 5.91 Å². The Hall–Kier alpha value is -1.69. The predicted molar refractivity (Wildman–Crippen MR) is 105 cm³/mol. The van der Waals surface area contributed by atoms with E-state index < -0.39 is 0 Å². The molecule has 2 aromatic heterocycles. The maximum Gasteiger partial charge on any atom is 0.262 e. The van der Waals surface area contributed by atoms with Crippen molar-refractivity contribution in [1.82, 2.24) is 14.5 Å². The molecule has 2 aliphatic rings. The van der Waals surface area contributed by atoms with Gasteiger partial charge in [-0.3, -0.25) is 14.2 Å². The van der Waals surface area contributed by atoms with Crippen LogP contribution in [0.2, 0.25) is 0 Å². The van der Waals surface area contributed by atoms with Crippen LogP contribution < -0.4 is 5.56 Å². The van der Waals surface area contributed by atoms with Gasteiger partial charge in [0.1, 0.15) is 11.4 Å². The second-order valence-electron chi connectivity index (χ2n) is 8.45. The SMILES string of the molecule is CC1CCc2c(sc3ncn(CC(=O)N4CC(C)CC(C)C4)c(=O)c23)C1. The van der Waals surface area contributed by atoms with Crippen molar-refractivity contribution in [3.8, 4) is 0 Å². The van der Waals surface area contributed by atoms with E-state index in [9.17, 15) is 9.59 Å². The van der Waals surface area contributed by atoms with Crippen LogP contribution in [0, 0.1) is 17.8 Å². The number of aryl methyl sites for hydroxylation is 1. The second kappa shape index (κ2) is 6.80. The summed E-state index contributed by atoms with van der Waals surface area (Å²) in [6, 6.07) is 0. The quantitative estimate of drug-likeness (QED) is 0.813. The molecule has 0 aromatic carbocycles. The summed E-state index contributed by atoms with van der Waals surface area (Å²) in [4.78, 5) is 34.4. The first kappa shape index (κ1) is 17.7. The lowest BCUT2D eigenvalue weighted by molar-refractivity contribution is -0.134. The number of amides is 1. The molecule has 26 heavy (non-hydrogen) atoms. The molecule has 3 unspecified atom stereocenters. The number of thiophene rings is 1. The van der Waals surface area contributed by atoms with Crippen LogP contribution in [0.1, 0.15) is 44.1 Å². The average Bonchev–Trinajstić information content (AvgIpc) is 2.94. The van der Waals surface area contributed by atoms with Crippen LogP contribution in [0.4, 0.5) is 0 Å². The van der Waals surface area contributed by atoms with Crippen molar-refractivity contribution in [2.75, 3.05) is 13.1 Å². The van der Waals surface area contributed by atoms with E-state index in [-0.39, 0.29) is 18.0 Å². The lowest BCUT2D eigenvalue weighted by atomic mass is 9.89. The third-order valence-corrected chi connectivity index (χ3v) is 6.97. The van der Waals surface area contributed by atoms with Gasteiger partial charge in [0.05, 0.1) is 11.7 Å². The van der Waals surface area contributed by atoms with Gasteiger partial charge in [0.15, 0.2) is 0 Å². The van der Waals surface area contributed by atoms with Gasteiger partial charge < -0.3 is 4.90 Å². The highest BCUT2D eigenvalue weighted by Crippen LogP contribution is 2.35. The van der Waals surface area contributed by atoms with Crippen LogP contribution in [-0.2, 0) is 24.2 Å². The summed E-state index contributed by atoms with van der Waals surface area (Å²) in [5, 5.41) is 0.757. The minimum atomic E-state index is -0.0477. The fourth-order valence-corrected chi connectivity index (χ4v) is 5.93. The van der Waals surface area contributed by atoms with Crippen molar-refractivity contribution < 1.29 is 4.79 Å². The van der Waals surface area contributed by atoms with Crippen LogP contribution >= 0.6 is 11.3 Å². The molecule has 1 fully saturated rings. The molecule has 6 heteroatoms.